The van der Waals surface area contributed by atoms with Gasteiger partial charge in [0.15, 0.2) is 6.61 Å². The third-order valence-corrected chi connectivity index (χ3v) is 0.754. The fourth-order valence-electron chi connectivity index (χ4n) is 0.356. The quantitative estimate of drug-likeness (QED) is 0.467. The molecule has 5 nitrogen and oxygen atoms in total. The van der Waals surface area contributed by atoms with E-state index in [2.05, 4.69) is 9.47 Å². The van der Waals surface area contributed by atoms with E-state index in [-0.39, 0.29) is 6.61 Å². The molecule has 0 saturated heterocycles. The van der Waals surface area contributed by atoms with Crippen LogP contribution >= 0.6 is 0 Å². The van der Waals surface area contributed by atoms with Crippen molar-refractivity contribution >= 4 is 6.16 Å². The van der Waals surface area contributed by atoms with Crippen molar-refractivity contribution in [1.82, 2.24) is 0 Å². The molecule has 0 aliphatic carbocycles. The first-order chi connectivity index (χ1) is 4.20. The van der Waals surface area contributed by atoms with Crippen LogP contribution in [-0.4, -0.2) is 23.0 Å². The molecule has 1 aliphatic rings. The molecule has 0 aromatic heterocycles. The Labute approximate surface area is 50.1 Å². The van der Waals surface area contributed by atoms with E-state index in [1.165, 1.54) is 0 Å². The number of rotatable bonds is 0. The first-order valence-corrected chi connectivity index (χ1v) is 2.16. The third kappa shape index (κ3) is 1.04. The average molecular weight is 132 g/mol. The summed E-state index contributed by atoms with van der Waals surface area (Å²) in [4.78, 5) is 10.1. The Morgan fingerprint density at radius 1 is 1.44 bits per heavy atom. The van der Waals surface area contributed by atoms with Crippen LogP contribution in [-0.2, 0) is 9.47 Å². The van der Waals surface area contributed by atoms with E-state index in [1.54, 1.807) is 0 Å². The minimum absolute atomic E-state index is 0.329. The third-order valence-electron chi connectivity index (χ3n) is 0.754. The maximum absolute atomic E-state index is 10.1. The van der Waals surface area contributed by atoms with Gasteiger partial charge in [0.1, 0.15) is 0 Å². The standard InChI is InChI=1S/C4H4O5/c5-2-1-8-4(7)9-3(2)6/h5-6H,1H2. The average Bonchev–Trinajstić information content (AvgIpc) is 1.80. The molecule has 1 aliphatic heterocycles. The predicted octanol–water partition coefficient (Wildman–Crippen LogP) is 0.438. The van der Waals surface area contributed by atoms with Crippen molar-refractivity contribution in [3.8, 4) is 0 Å². The zero-order valence-corrected chi connectivity index (χ0v) is 4.33. The Morgan fingerprint density at radius 3 is 2.56 bits per heavy atom. The maximum Gasteiger partial charge on any atom is 0.516 e. The summed E-state index contributed by atoms with van der Waals surface area (Å²) in [5.74, 6) is -1.26. The number of carbonyl (C=O) groups is 1. The van der Waals surface area contributed by atoms with E-state index < -0.39 is 17.9 Å². The minimum Gasteiger partial charge on any atom is -0.503 e. The van der Waals surface area contributed by atoms with Crippen LogP contribution < -0.4 is 0 Å². The Morgan fingerprint density at radius 2 is 2.11 bits per heavy atom. The van der Waals surface area contributed by atoms with Crippen LogP contribution in [0.2, 0.25) is 0 Å². The molecule has 1 rings (SSSR count). The lowest BCUT2D eigenvalue weighted by Crippen LogP contribution is -2.17. The van der Waals surface area contributed by atoms with Crippen molar-refractivity contribution < 1.29 is 24.5 Å². The summed E-state index contributed by atoms with van der Waals surface area (Å²) in [5, 5.41) is 17.0. The number of aliphatic hydroxyl groups is 2. The van der Waals surface area contributed by atoms with Gasteiger partial charge in [-0.15, -0.1) is 0 Å². The summed E-state index contributed by atoms with van der Waals surface area (Å²) in [6, 6.07) is 0. The Hall–Kier alpha value is -1.39. The van der Waals surface area contributed by atoms with Crippen molar-refractivity contribution in [3.05, 3.63) is 11.7 Å². The zero-order valence-electron chi connectivity index (χ0n) is 4.33. The molecule has 0 atom stereocenters. The Balaban J connectivity index is 2.72. The topological polar surface area (TPSA) is 76.0 Å². The van der Waals surface area contributed by atoms with Crippen molar-refractivity contribution in [2.24, 2.45) is 0 Å². The summed E-state index contributed by atoms with van der Waals surface area (Å²) in [5.41, 5.74) is 0. The number of hydrogen-bond acceptors (Lipinski definition) is 5. The van der Waals surface area contributed by atoms with Crippen molar-refractivity contribution in [2.75, 3.05) is 6.61 Å². The molecule has 0 aromatic carbocycles. The molecule has 50 valence electrons. The molecule has 2 N–H and O–H groups in total. The molecule has 0 saturated carbocycles. The van der Waals surface area contributed by atoms with Gasteiger partial charge in [0, 0.05) is 0 Å². The highest BCUT2D eigenvalue weighted by atomic mass is 16.8. The van der Waals surface area contributed by atoms with Crippen LogP contribution in [0.3, 0.4) is 0 Å². The van der Waals surface area contributed by atoms with Crippen molar-refractivity contribution in [3.63, 3.8) is 0 Å². The first kappa shape index (κ1) is 5.74. The molecule has 0 amide bonds. The summed E-state index contributed by atoms with van der Waals surface area (Å²) in [6.07, 6.45) is -1.01. The molecule has 5 heteroatoms. The number of cyclic esters (lactones) is 2. The van der Waals surface area contributed by atoms with Gasteiger partial charge >= 0.3 is 12.1 Å². The Kier molecular flexibility index (Phi) is 1.18. The van der Waals surface area contributed by atoms with Crippen LogP contribution in [0.1, 0.15) is 0 Å². The largest absolute Gasteiger partial charge is 0.516 e. The van der Waals surface area contributed by atoms with Gasteiger partial charge in [0.2, 0.25) is 5.76 Å². The van der Waals surface area contributed by atoms with Crippen LogP contribution in [0.15, 0.2) is 11.7 Å². The van der Waals surface area contributed by atoms with E-state index in [1.807, 2.05) is 0 Å². The minimum atomic E-state index is -1.01. The molecule has 0 fully saturated rings. The van der Waals surface area contributed by atoms with Gasteiger partial charge in [-0.05, 0) is 0 Å². The molecule has 1 heterocycles. The smallest absolute Gasteiger partial charge is 0.503 e. The second-order valence-electron chi connectivity index (χ2n) is 1.39. The molecule has 0 bridgehead atoms. The molecular weight excluding hydrogens is 128 g/mol. The van der Waals surface area contributed by atoms with Crippen molar-refractivity contribution in [1.29, 1.82) is 0 Å². The van der Waals surface area contributed by atoms with E-state index in [0.29, 0.717) is 0 Å². The summed E-state index contributed by atoms with van der Waals surface area (Å²) < 4.78 is 8.05. The highest BCUT2D eigenvalue weighted by molar-refractivity contribution is 5.62. The van der Waals surface area contributed by atoms with Gasteiger partial charge in [-0.3, -0.25) is 0 Å². The molecular formula is C4H4O5. The van der Waals surface area contributed by atoms with E-state index in [0.717, 1.165) is 0 Å². The van der Waals surface area contributed by atoms with Gasteiger partial charge in [0.25, 0.3) is 0 Å². The van der Waals surface area contributed by atoms with Gasteiger partial charge in [-0.1, -0.05) is 0 Å². The fourth-order valence-corrected chi connectivity index (χ4v) is 0.356. The lowest BCUT2D eigenvalue weighted by molar-refractivity contribution is 0.00847. The van der Waals surface area contributed by atoms with Crippen LogP contribution in [0, 0.1) is 0 Å². The maximum atomic E-state index is 10.1. The number of aliphatic hydroxyl groups excluding tert-OH is 2. The van der Waals surface area contributed by atoms with Gasteiger partial charge in [-0.25, -0.2) is 4.79 Å². The first-order valence-electron chi connectivity index (χ1n) is 2.16. The SMILES string of the molecule is O=C1OCC(O)=C(O)O1. The van der Waals surface area contributed by atoms with Gasteiger partial charge in [-0.2, -0.15) is 0 Å². The monoisotopic (exact) mass is 132 g/mol. The second-order valence-corrected chi connectivity index (χ2v) is 1.39. The van der Waals surface area contributed by atoms with Crippen molar-refractivity contribution in [2.45, 2.75) is 0 Å². The van der Waals surface area contributed by atoms with Crippen LogP contribution in [0.4, 0.5) is 4.79 Å². The summed E-state index contributed by atoms with van der Waals surface area (Å²) in [6.45, 7) is -0.329. The molecule has 9 heavy (non-hydrogen) atoms. The lowest BCUT2D eigenvalue weighted by Gasteiger charge is -2.10. The number of hydrogen-bond donors (Lipinski definition) is 2. The molecule has 0 aromatic rings. The lowest BCUT2D eigenvalue weighted by atomic mass is 10.5. The molecule has 0 spiro atoms. The highest BCUT2D eigenvalue weighted by Gasteiger charge is 2.19. The van der Waals surface area contributed by atoms with Gasteiger partial charge < -0.3 is 19.7 Å². The van der Waals surface area contributed by atoms with E-state index in [9.17, 15) is 4.79 Å². The predicted molar refractivity (Wildman–Crippen MR) is 24.7 cm³/mol. The van der Waals surface area contributed by atoms with Gasteiger partial charge in [0.05, 0.1) is 0 Å². The highest BCUT2D eigenvalue weighted by Crippen LogP contribution is 2.07. The Bertz CT molecular complexity index is 170. The van der Waals surface area contributed by atoms with Crippen LogP contribution in [0.25, 0.3) is 0 Å². The summed E-state index contributed by atoms with van der Waals surface area (Å²) in [7, 11) is 0. The fraction of sp³-hybridized carbons (Fsp3) is 0.250. The van der Waals surface area contributed by atoms with E-state index in [4.69, 9.17) is 10.2 Å². The normalized spacial score (nSPS) is 18.9. The number of carbonyl (C=O) groups excluding carboxylic acids is 1. The summed E-state index contributed by atoms with van der Waals surface area (Å²) >= 11 is 0. The zero-order chi connectivity index (χ0) is 6.85. The second kappa shape index (κ2) is 1.85. The van der Waals surface area contributed by atoms with Crippen LogP contribution in [0.5, 0.6) is 0 Å². The van der Waals surface area contributed by atoms with E-state index >= 15 is 0 Å². The molecule has 0 radical (unpaired) electrons. The number of ether oxygens (including phenoxy) is 2. The molecule has 0 unspecified atom stereocenters.